The van der Waals surface area contributed by atoms with Crippen molar-refractivity contribution >= 4 is 17.8 Å². The molecule has 1 aliphatic carbocycles. The minimum absolute atomic E-state index is 0.162. The van der Waals surface area contributed by atoms with Gasteiger partial charge in [0.15, 0.2) is 0 Å². The van der Waals surface area contributed by atoms with Crippen molar-refractivity contribution in [1.82, 2.24) is 4.90 Å². The van der Waals surface area contributed by atoms with E-state index in [0.717, 1.165) is 25.7 Å². The van der Waals surface area contributed by atoms with E-state index in [1.165, 1.54) is 25.4 Å². The van der Waals surface area contributed by atoms with Crippen LogP contribution >= 0.6 is 0 Å². The number of amides is 1. The molecule has 0 aromatic heterocycles. The fraction of sp³-hybridized carbons (Fsp3) is 0.857. The normalized spacial score (nSPS) is 24.2. The maximum atomic E-state index is 13.1. The highest BCUT2D eigenvalue weighted by molar-refractivity contribution is 5.88. The Hall–Kier alpha value is -1.67. The topological polar surface area (TPSA) is 108 Å². The second-order valence-corrected chi connectivity index (χ2v) is 8.78. The van der Waals surface area contributed by atoms with Crippen LogP contribution in [0.3, 0.4) is 0 Å². The zero-order valence-corrected chi connectivity index (χ0v) is 18.1. The van der Waals surface area contributed by atoms with Gasteiger partial charge in [-0.3, -0.25) is 9.59 Å². The number of hydrogen-bond acceptors (Lipinski definition) is 7. The summed E-state index contributed by atoms with van der Waals surface area (Å²) in [6.07, 6.45) is 5.84. The van der Waals surface area contributed by atoms with E-state index in [4.69, 9.17) is 19.9 Å². The van der Waals surface area contributed by atoms with Crippen molar-refractivity contribution in [1.29, 1.82) is 0 Å². The first kappa shape index (κ1) is 23.6. The van der Waals surface area contributed by atoms with Gasteiger partial charge in [0, 0.05) is 26.3 Å². The molecule has 0 spiro atoms. The van der Waals surface area contributed by atoms with Crippen molar-refractivity contribution in [2.24, 2.45) is 11.7 Å². The molecule has 3 atom stereocenters. The number of nitrogens with zero attached hydrogens (tertiary/aromatic N) is 1. The van der Waals surface area contributed by atoms with Crippen LogP contribution in [0.5, 0.6) is 0 Å². The van der Waals surface area contributed by atoms with Crippen LogP contribution in [0.4, 0.5) is 0 Å². The van der Waals surface area contributed by atoms with E-state index in [0.29, 0.717) is 19.4 Å². The Morgan fingerprint density at radius 1 is 1.17 bits per heavy atom. The molecular weight excluding hydrogens is 376 g/mol. The van der Waals surface area contributed by atoms with Crippen LogP contribution in [-0.4, -0.2) is 66.8 Å². The number of ether oxygens (including phenoxy) is 3. The van der Waals surface area contributed by atoms with Gasteiger partial charge in [0.05, 0.1) is 31.5 Å². The number of likely N-dealkylation sites (tertiary alicyclic amines) is 1. The summed E-state index contributed by atoms with van der Waals surface area (Å²) >= 11 is 0. The van der Waals surface area contributed by atoms with Gasteiger partial charge in [0.1, 0.15) is 6.04 Å². The van der Waals surface area contributed by atoms with Gasteiger partial charge in [-0.1, -0.05) is 19.3 Å². The number of nitrogens with two attached hydrogens (primary N) is 1. The van der Waals surface area contributed by atoms with Gasteiger partial charge < -0.3 is 24.8 Å². The lowest BCUT2D eigenvalue weighted by atomic mass is 9.83. The summed E-state index contributed by atoms with van der Waals surface area (Å²) in [6, 6.07) is -1.28. The minimum atomic E-state index is -0.684. The number of carbonyl (C=O) groups excluding carboxylic acids is 3. The molecule has 1 heterocycles. The van der Waals surface area contributed by atoms with Crippen molar-refractivity contribution < 1.29 is 28.6 Å². The molecule has 166 valence electrons. The number of hydrogen-bond donors (Lipinski definition) is 1. The van der Waals surface area contributed by atoms with Crippen LogP contribution in [-0.2, 0) is 28.6 Å². The predicted octanol–water partition coefficient (Wildman–Crippen LogP) is 1.78. The first-order chi connectivity index (χ1) is 13.6. The summed E-state index contributed by atoms with van der Waals surface area (Å²) in [5, 5.41) is 0. The molecule has 8 nitrogen and oxygen atoms in total. The van der Waals surface area contributed by atoms with Gasteiger partial charge in [-0.25, -0.2) is 4.79 Å². The molecule has 0 unspecified atom stereocenters. The average Bonchev–Trinajstić information content (AvgIpc) is 3.09. The Bertz CT molecular complexity index is 588. The van der Waals surface area contributed by atoms with E-state index in [1.54, 1.807) is 0 Å². The SMILES string of the molecule is COC(=O)[C@@H]1C[C@@H](OC(C)(C)CCOC(C)=O)CN1C(=O)[C@@H](N)C1CCCCC1. The third-order valence-corrected chi connectivity index (χ3v) is 5.96. The van der Waals surface area contributed by atoms with Crippen molar-refractivity contribution in [2.75, 3.05) is 20.3 Å². The Kier molecular flexibility index (Phi) is 8.46. The molecule has 1 saturated carbocycles. The van der Waals surface area contributed by atoms with Crippen molar-refractivity contribution in [3.8, 4) is 0 Å². The smallest absolute Gasteiger partial charge is 0.328 e. The lowest BCUT2D eigenvalue weighted by molar-refractivity contribution is -0.151. The first-order valence-corrected chi connectivity index (χ1v) is 10.6. The molecule has 2 fully saturated rings. The fourth-order valence-electron chi connectivity index (χ4n) is 4.32. The molecule has 0 aromatic rings. The largest absolute Gasteiger partial charge is 0.467 e. The minimum Gasteiger partial charge on any atom is -0.467 e. The van der Waals surface area contributed by atoms with Gasteiger partial charge in [-0.2, -0.15) is 0 Å². The molecule has 2 N–H and O–H groups in total. The molecule has 1 saturated heterocycles. The number of rotatable bonds is 8. The summed E-state index contributed by atoms with van der Waals surface area (Å²) < 4.78 is 16.1. The van der Waals surface area contributed by atoms with Gasteiger partial charge in [0.2, 0.25) is 5.91 Å². The zero-order valence-electron chi connectivity index (χ0n) is 18.1. The van der Waals surface area contributed by atoms with Crippen LogP contribution in [0.1, 0.15) is 65.7 Å². The van der Waals surface area contributed by atoms with Gasteiger partial charge >= 0.3 is 11.9 Å². The highest BCUT2D eigenvalue weighted by Gasteiger charge is 2.44. The van der Waals surface area contributed by atoms with Gasteiger partial charge in [0.25, 0.3) is 0 Å². The van der Waals surface area contributed by atoms with Gasteiger partial charge in [-0.05, 0) is 32.6 Å². The molecule has 1 aliphatic heterocycles. The van der Waals surface area contributed by atoms with Crippen molar-refractivity contribution in [2.45, 2.75) is 89.5 Å². The Morgan fingerprint density at radius 3 is 2.41 bits per heavy atom. The van der Waals surface area contributed by atoms with Crippen LogP contribution in [0, 0.1) is 5.92 Å². The predicted molar refractivity (Wildman–Crippen MR) is 107 cm³/mol. The quantitative estimate of drug-likeness (QED) is 0.605. The zero-order chi connectivity index (χ0) is 21.6. The van der Waals surface area contributed by atoms with E-state index in [2.05, 4.69) is 0 Å². The van der Waals surface area contributed by atoms with Crippen LogP contribution < -0.4 is 5.73 Å². The summed E-state index contributed by atoms with van der Waals surface area (Å²) in [5.41, 5.74) is 5.75. The third kappa shape index (κ3) is 6.67. The summed E-state index contributed by atoms with van der Waals surface area (Å²) in [5.74, 6) is -0.815. The molecular formula is C21H36N2O6. The Balaban J connectivity index is 2.02. The molecule has 1 amide bonds. The second kappa shape index (κ2) is 10.4. The van der Waals surface area contributed by atoms with Gasteiger partial charge in [-0.15, -0.1) is 0 Å². The summed E-state index contributed by atoms with van der Waals surface area (Å²) in [7, 11) is 1.32. The maximum absolute atomic E-state index is 13.1. The van der Waals surface area contributed by atoms with Crippen LogP contribution in [0.25, 0.3) is 0 Å². The summed E-state index contributed by atoms with van der Waals surface area (Å²) in [6.45, 7) is 5.73. The molecule has 0 radical (unpaired) electrons. The van der Waals surface area contributed by atoms with E-state index < -0.39 is 23.7 Å². The standard InChI is InChI=1S/C21H36N2O6/c1-14(24)28-11-10-21(2,3)29-16-12-17(20(26)27-4)23(13-16)19(25)18(22)15-8-6-5-7-9-15/h15-18H,5-13,22H2,1-4H3/t16-,17+,18+/m1/s1. The second-order valence-electron chi connectivity index (χ2n) is 8.78. The molecule has 0 aromatic carbocycles. The average molecular weight is 413 g/mol. The van der Waals surface area contributed by atoms with E-state index >= 15 is 0 Å². The van der Waals surface area contributed by atoms with Crippen LogP contribution in [0.15, 0.2) is 0 Å². The highest BCUT2D eigenvalue weighted by Crippen LogP contribution is 2.31. The van der Waals surface area contributed by atoms with Crippen molar-refractivity contribution in [3.05, 3.63) is 0 Å². The Labute approximate surface area is 173 Å². The maximum Gasteiger partial charge on any atom is 0.328 e. The number of methoxy groups -OCH3 is 1. The lowest BCUT2D eigenvalue weighted by Gasteiger charge is -2.32. The Morgan fingerprint density at radius 2 is 1.83 bits per heavy atom. The number of esters is 2. The molecule has 2 aliphatic rings. The van der Waals surface area contributed by atoms with Crippen molar-refractivity contribution in [3.63, 3.8) is 0 Å². The highest BCUT2D eigenvalue weighted by atomic mass is 16.5. The van der Waals surface area contributed by atoms with E-state index in [-0.39, 0.29) is 30.5 Å². The molecule has 8 heteroatoms. The molecule has 0 bridgehead atoms. The van der Waals surface area contributed by atoms with E-state index in [1.807, 2.05) is 13.8 Å². The fourth-order valence-corrected chi connectivity index (χ4v) is 4.32. The molecule has 2 rings (SSSR count). The van der Waals surface area contributed by atoms with Crippen LogP contribution in [0.2, 0.25) is 0 Å². The number of carbonyl (C=O) groups is 3. The molecule has 29 heavy (non-hydrogen) atoms. The van der Waals surface area contributed by atoms with E-state index in [9.17, 15) is 14.4 Å². The first-order valence-electron chi connectivity index (χ1n) is 10.6. The lowest BCUT2D eigenvalue weighted by Crippen LogP contribution is -2.52. The summed E-state index contributed by atoms with van der Waals surface area (Å²) in [4.78, 5) is 37.9. The third-order valence-electron chi connectivity index (χ3n) is 5.96. The monoisotopic (exact) mass is 412 g/mol.